The molecular weight excluding hydrogens is 292 g/mol. The second-order valence-electron chi connectivity index (χ2n) is 5.89. The Hall–Kier alpha value is -0.660. The molecule has 0 spiro atoms. The van der Waals surface area contributed by atoms with Gasteiger partial charge in [-0.1, -0.05) is 12.8 Å². The number of sulfonamides is 1. The number of hydrogen-bond acceptors (Lipinski definition) is 4. The molecule has 7 heteroatoms. The first-order valence-electron chi connectivity index (χ1n) is 7.89. The molecule has 1 aliphatic carbocycles. The highest BCUT2D eigenvalue weighted by Crippen LogP contribution is 2.22. The third-order valence-electron chi connectivity index (χ3n) is 4.29. The van der Waals surface area contributed by atoms with Crippen molar-refractivity contribution in [1.82, 2.24) is 9.62 Å². The van der Waals surface area contributed by atoms with E-state index < -0.39 is 15.3 Å². The largest absolute Gasteiger partial charge is 0.372 e. The minimum absolute atomic E-state index is 0.0410. The van der Waals surface area contributed by atoms with Crippen LogP contribution < -0.4 is 4.72 Å². The van der Waals surface area contributed by atoms with E-state index in [4.69, 9.17) is 4.74 Å². The molecule has 1 heterocycles. The minimum atomic E-state index is -3.34. The highest BCUT2D eigenvalue weighted by atomic mass is 32.2. The number of nitrogens with one attached hydrogen (secondary N) is 1. The molecular formula is C14H26N2O4S. The predicted octanol–water partition coefficient (Wildman–Crippen LogP) is 0.876. The quantitative estimate of drug-likeness (QED) is 0.789. The highest BCUT2D eigenvalue weighted by Gasteiger charge is 2.34. The SMILES string of the molecule is CCOCC(=O)N1CCC[C@H](S(=O)(=O)NC2CCCC2)C1. The van der Waals surface area contributed by atoms with Gasteiger partial charge in [0.05, 0.1) is 5.25 Å². The van der Waals surface area contributed by atoms with E-state index in [-0.39, 0.29) is 25.1 Å². The van der Waals surface area contributed by atoms with E-state index in [1.54, 1.807) is 4.90 Å². The van der Waals surface area contributed by atoms with Crippen LogP contribution in [0.4, 0.5) is 0 Å². The van der Waals surface area contributed by atoms with Crippen molar-refractivity contribution in [2.24, 2.45) is 0 Å². The summed E-state index contributed by atoms with van der Waals surface area (Å²) < 4.78 is 32.8. The van der Waals surface area contributed by atoms with E-state index in [1.165, 1.54) is 0 Å². The molecule has 1 saturated carbocycles. The number of amides is 1. The molecule has 2 aliphatic rings. The number of nitrogens with zero attached hydrogens (tertiary/aromatic N) is 1. The van der Waals surface area contributed by atoms with Crippen molar-refractivity contribution >= 4 is 15.9 Å². The van der Waals surface area contributed by atoms with Gasteiger partial charge in [0.1, 0.15) is 6.61 Å². The lowest BCUT2D eigenvalue weighted by Crippen LogP contribution is -2.50. The first-order chi connectivity index (χ1) is 10.0. The van der Waals surface area contributed by atoms with Crippen LogP contribution in [-0.2, 0) is 19.6 Å². The van der Waals surface area contributed by atoms with Gasteiger partial charge in [0.15, 0.2) is 0 Å². The maximum absolute atomic E-state index is 12.4. The summed E-state index contributed by atoms with van der Waals surface area (Å²) in [7, 11) is -3.34. The van der Waals surface area contributed by atoms with Crippen molar-refractivity contribution in [2.45, 2.75) is 56.7 Å². The van der Waals surface area contributed by atoms with Gasteiger partial charge < -0.3 is 9.64 Å². The van der Waals surface area contributed by atoms with E-state index in [2.05, 4.69) is 4.72 Å². The van der Waals surface area contributed by atoms with E-state index >= 15 is 0 Å². The Morgan fingerprint density at radius 3 is 2.62 bits per heavy atom. The summed E-state index contributed by atoms with van der Waals surface area (Å²) in [5.41, 5.74) is 0. The van der Waals surface area contributed by atoms with Crippen molar-refractivity contribution in [3.63, 3.8) is 0 Å². The third kappa shape index (κ3) is 4.66. The van der Waals surface area contributed by atoms with Crippen LogP contribution in [0.1, 0.15) is 45.4 Å². The number of rotatable bonds is 6. The van der Waals surface area contributed by atoms with Crippen LogP contribution >= 0.6 is 0 Å². The lowest BCUT2D eigenvalue weighted by molar-refractivity contribution is -0.136. The Labute approximate surface area is 127 Å². The van der Waals surface area contributed by atoms with Crippen LogP contribution in [-0.4, -0.2) is 56.8 Å². The Bertz CT molecular complexity index is 446. The molecule has 2 fully saturated rings. The van der Waals surface area contributed by atoms with Gasteiger partial charge in [-0.15, -0.1) is 0 Å². The van der Waals surface area contributed by atoms with E-state index in [0.717, 1.165) is 32.1 Å². The number of carbonyl (C=O) groups excluding carboxylic acids is 1. The lowest BCUT2D eigenvalue weighted by atomic mass is 10.1. The van der Waals surface area contributed by atoms with Crippen molar-refractivity contribution in [3.8, 4) is 0 Å². The zero-order valence-corrected chi connectivity index (χ0v) is 13.5. The van der Waals surface area contributed by atoms with Crippen LogP contribution in [0.25, 0.3) is 0 Å². The fourth-order valence-corrected chi connectivity index (χ4v) is 4.82. The molecule has 1 atom stereocenters. The maximum Gasteiger partial charge on any atom is 0.248 e. The molecule has 0 aromatic carbocycles. The molecule has 1 amide bonds. The van der Waals surface area contributed by atoms with Crippen molar-refractivity contribution in [3.05, 3.63) is 0 Å². The second kappa shape index (κ2) is 7.56. The Morgan fingerprint density at radius 1 is 1.24 bits per heavy atom. The molecule has 2 rings (SSSR count). The summed E-state index contributed by atoms with van der Waals surface area (Å²) in [6, 6.07) is 0.0875. The first kappa shape index (κ1) is 16.7. The Morgan fingerprint density at radius 2 is 1.95 bits per heavy atom. The molecule has 0 aromatic heterocycles. The average Bonchev–Trinajstić information content (AvgIpc) is 2.97. The van der Waals surface area contributed by atoms with Gasteiger partial charge in [0, 0.05) is 25.7 Å². The second-order valence-corrected chi connectivity index (χ2v) is 7.88. The van der Waals surface area contributed by atoms with Gasteiger partial charge in [-0.25, -0.2) is 13.1 Å². The van der Waals surface area contributed by atoms with Gasteiger partial charge in [0.25, 0.3) is 0 Å². The molecule has 0 radical (unpaired) electrons. The van der Waals surface area contributed by atoms with Gasteiger partial charge in [0.2, 0.25) is 15.9 Å². The van der Waals surface area contributed by atoms with E-state index in [9.17, 15) is 13.2 Å². The van der Waals surface area contributed by atoms with Crippen molar-refractivity contribution in [1.29, 1.82) is 0 Å². The molecule has 1 saturated heterocycles. The van der Waals surface area contributed by atoms with E-state index in [1.807, 2.05) is 6.92 Å². The normalized spacial score (nSPS) is 24.4. The van der Waals surface area contributed by atoms with Crippen LogP contribution in [0.5, 0.6) is 0 Å². The highest BCUT2D eigenvalue weighted by molar-refractivity contribution is 7.90. The fourth-order valence-electron chi connectivity index (χ4n) is 3.07. The van der Waals surface area contributed by atoms with Crippen LogP contribution in [0, 0.1) is 0 Å². The molecule has 6 nitrogen and oxygen atoms in total. The average molecular weight is 318 g/mol. The smallest absolute Gasteiger partial charge is 0.248 e. The van der Waals surface area contributed by atoms with Crippen molar-refractivity contribution < 1.29 is 17.9 Å². The summed E-state index contributed by atoms with van der Waals surface area (Å²) in [4.78, 5) is 13.6. The maximum atomic E-state index is 12.4. The topological polar surface area (TPSA) is 75.7 Å². The molecule has 21 heavy (non-hydrogen) atoms. The van der Waals surface area contributed by atoms with Crippen LogP contribution in [0.2, 0.25) is 0 Å². The standard InChI is InChI=1S/C14H26N2O4S/c1-2-20-11-14(17)16-9-5-8-13(10-16)21(18,19)15-12-6-3-4-7-12/h12-13,15H,2-11H2,1H3/t13-/m0/s1. The van der Waals surface area contributed by atoms with E-state index in [0.29, 0.717) is 19.6 Å². The van der Waals surface area contributed by atoms with Gasteiger partial charge in [-0.3, -0.25) is 4.79 Å². The van der Waals surface area contributed by atoms with Gasteiger partial charge >= 0.3 is 0 Å². The molecule has 1 aliphatic heterocycles. The molecule has 0 aromatic rings. The minimum Gasteiger partial charge on any atom is -0.372 e. The molecule has 122 valence electrons. The van der Waals surface area contributed by atoms with Crippen LogP contribution in [0.15, 0.2) is 0 Å². The summed E-state index contributed by atoms with van der Waals surface area (Å²) in [5.74, 6) is -0.113. The first-order valence-corrected chi connectivity index (χ1v) is 9.44. The monoisotopic (exact) mass is 318 g/mol. The zero-order valence-electron chi connectivity index (χ0n) is 12.7. The Balaban J connectivity index is 1.91. The number of carbonyl (C=O) groups is 1. The third-order valence-corrected chi connectivity index (χ3v) is 6.21. The zero-order chi connectivity index (χ0) is 15.3. The molecule has 0 unspecified atom stereocenters. The Kier molecular flexibility index (Phi) is 6.01. The summed E-state index contributed by atoms with van der Waals surface area (Å²) in [6.45, 7) is 3.28. The lowest BCUT2D eigenvalue weighted by Gasteiger charge is -2.33. The van der Waals surface area contributed by atoms with Gasteiger partial charge in [-0.05, 0) is 32.6 Å². The summed E-state index contributed by atoms with van der Waals surface area (Å²) in [5, 5.41) is -0.488. The number of hydrogen-bond donors (Lipinski definition) is 1. The summed E-state index contributed by atoms with van der Waals surface area (Å²) >= 11 is 0. The number of likely N-dealkylation sites (tertiary alicyclic amines) is 1. The molecule has 0 bridgehead atoms. The van der Waals surface area contributed by atoms with Crippen LogP contribution in [0.3, 0.4) is 0 Å². The summed E-state index contributed by atoms with van der Waals surface area (Å²) in [6.07, 6.45) is 5.40. The fraction of sp³-hybridized carbons (Fsp3) is 0.929. The molecule has 1 N–H and O–H groups in total. The predicted molar refractivity (Wildman–Crippen MR) is 80.4 cm³/mol. The number of piperidine rings is 1. The van der Waals surface area contributed by atoms with Gasteiger partial charge in [-0.2, -0.15) is 0 Å². The van der Waals surface area contributed by atoms with Crippen molar-refractivity contribution in [2.75, 3.05) is 26.3 Å². The number of ether oxygens (including phenoxy) is 1.